The quantitative estimate of drug-likeness (QED) is 0.394. The molecule has 2 heterocycles. The highest BCUT2D eigenvalue weighted by molar-refractivity contribution is 6.02. The number of unbranched alkanes of at least 4 members (excludes halogenated alkanes) is 1. The van der Waals surface area contributed by atoms with Crippen LogP contribution < -0.4 is 14.8 Å². The molecule has 0 bridgehead atoms. The van der Waals surface area contributed by atoms with Gasteiger partial charge in [0, 0.05) is 40.7 Å². The third-order valence-electron chi connectivity index (χ3n) is 6.74. The Bertz CT molecular complexity index is 1230. The van der Waals surface area contributed by atoms with Gasteiger partial charge in [0.15, 0.2) is 11.5 Å². The number of hydrogen-bond acceptors (Lipinski definition) is 4. The van der Waals surface area contributed by atoms with Crippen LogP contribution in [0.3, 0.4) is 0 Å². The van der Waals surface area contributed by atoms with Gasteiger partial charge in [0.1, 0.15) is 6.29 Å². The summed E-state index contributed by atoms with van der Waals surface area (Å²) in [7, 11) is 0. The largest absolute Gasteiger partial charge is 0.454 e. The molecule has 0 radical (unpaired) electrons. The number of fused-ring (bicyclic) bond motifs is 2. The number of rotatable bonds is 7. The molecule has 6 nitrogen and oxygen atoms in total. The molecule has 1 aliphatic heterocycles. The number of nitrogens with one attached hydrogen (secondary N) is 1. The summed E-state index contributed by atoms with van der Waals surface area (Å²) in [6, 6.07) is 14.1. The Hall–Kier alpha value is -3.28. The van der Waals surface area contributed by atoms with Gasteiger partial charge < -0.3 is 24.2 Å². The van der Waals surface area contributed by atoms with Gasteiger partial charge in [-0.15, -0.1) is 0 Å². The normalized spacial score (nSPS) is 16.1. The third-order valence-corrected chi connectivity index (χ3v) is 6.74. The van der Waals surface area contributed by atoms with Crippen LogP contribution in [-0.4, -0.2) is 23.6 Å². The van der Waals surface area contributed by atoms with E-state index in [-0.39, 0.29) is 18.1 Å². The van der Waals surface area contributed by atoms with Gasteiger partial charge in [-0.2, -0.15) is 0 Å². The molecule has 0 unspecified atom stereocenters. The van der Waals surface area contributed by atoms with Crippen molar-refractivity contribution in [3.05, 3.63) is 53.7 Å². The predicted molar refractivity (Wildman–Crippen MR) is 128 cm³/mol. The van der Waals surface area contributed by atoms with Crippen LogP contribution >= 0.6 is 0 Å². The minimum atomic E-state index is -0.507. The van der Waals surface area contributed by atoms with Crippen molar-refractivity contribution in [2.75, 3.05) is 12.1 Å². The van der Waals surface area contributed by atoms with E-state index in [1.807, 2.05) is 24.3 Å². The first kappa shape index (κ1) is 21.6. The third kappa shape index (κ3) is 3.88. The number of carbonyl (C=O) groups excluding carboxylic acids is 2. The number of aromatic nitrogens is 1. The van der Waals surface area contributed by atoms with E-state index >= 15 is 0 Å². The molecule has 6 heteroatoms. The number of amides is 1. The van der Waals surface area contributed by atoms with Crippen molar-refractivity contribution in [3.63, 3.8) is 0 Å². The zero-order valence-electron chi connectivity index (χ0n) is 19.4. The number of carbonyl (C=O) groups is 2. The van der Waals surface area contributed by atoms with Gasteiger partial charge in [0.2, 0.25) is 12.7 Å². The molecule has 1 saturated carbocycles. The summed E-state index contributed by atoms with van der Waals surface area (Å²) in [6.45, 7) is 7.62. The summed E-state index contributed by atoms with van der Waals surface area (Å²) in [5, 5.41) is 4.25. The lowest BCUT2D eigenvalue weighted by Gasteiger charge is -2.22. The van der Waals surface area contributed by atoms with Crippen LogP contribution in [0.25, 0.3) is 10.9 Å². The number of anilines is 1. The SMILES string of the molecule is CC(C)(C)c1cc2cc(NC(=O)C3(c4ccc5c(c4)OCO5)CC3)ccc2n1CCCC=O. The summed E-state index contributed by atoms with van der Waals surface area (Å²) < 4.78 is 13.2. The highest BCUT2D eigenvalue weighted by atomic mass is 16.7. The second-order valence-electron chi connectivity index (χ2n) is 10.1. The topological polar surface area (TPSA) is 69.6 Å². The van der Waals surface area contributed by atoms with Gasteiger partial charge in [0.25, 0.3) is 0 Å². The lowest BCUT2D eigenvalue weighted by atomic mass is 9.92. The van der Waals surface area contributed by atoms with E-state index in [0.717, 1.165) is 60.0 Å². The Morgan fingerprint density at radius 2 is 1.88 bits per heavy atom. The number of aryl methyl sites for hydroxylation is 1. The highest BCUT2D eigenvalue weighted by Gasteiger charge is 2.51. The van der Waals surface area contributed by atoms with Crippen LogP contribution in [0, 0.1) is 0 Å². The molecule has 33 heavy (non-hydrogen) atoms. The second-order valence-corrected chi connectivity index (χ2v) is 10.1. The number of nitrogens with zero attached hydrogens (tertiary/aromatic N) is 1. The Labute approximate surface area is 193 Å². The molecule has 0 saturated heterocycles. The fourth-order valence-electron chi connectivity index (χ4n) is 4.76. The van der Waals surface area contributed by atoms with E-state index in [4.69, 9.17) is 9.47 Å². The van der Waals surface area contributed by atoms with Gasteiger partial charge in [-0.05, 0) is 61.2 Å². The van der Waals surface area contributed by atoms with Crippen LogP contribution in [-0.2, 0) is 27.0 Å². The molecule has 5 rings (SSSR count). The Kier molecular flexibility index (Phi) is 5.19. The monoisotopic (exact) mass is 446 g/mol. The molecular weight excluding hydrogens is 416 g/mol. The van der Waals surface area contributed by atoms with Gasteiger partial charge in [0.05, 0.1) is 5.41 Å². The highest BCUT2D eigenvalue weighted by Crippen LogP contribution is 2.51. The van der Waals surface area contributed by atoms with Crippen LogP contribution in [0.5, 0.6) is 11.5 Å². The second kappa shape index (κ2) is 7.94. The summed E-state index contributed by atoms with van der Waals surface area (Å²) in [5.74, 6) is 1.45. The molecule has 0 atom stereocenters. The minimum Gasteiger partial charge on any atom is -0.454 e. The van der Waals surface area contributed by atoms with Gasteiger partial charge >= 0.3 is 0 Å². The maximum Gasteiger partial charge on any atom is 0.235 e. The van der Waals surface area contributed by atoms with Gasteiger partial charge in [-0.1, -0.05) is 26.8 Å². The van der Waals surface area contributed by atoms with Crippen molar-refractivity contribution in [3.8, 4) is 11.5 Å². The molecule has 3 aromatic rings. The van der Waals surface area contributed by atoms with Crippen molar-refractivity contribution < 1.29 is 19.1 Å². The fraction of sp³-hybridized carbons (Fsp3) is 0.407. The Morgan fingerprint density at radius 3 is 2.61 bits per heavy atom. The van der Waals surface area contributed by atoms with E-state index in [1.165, 1.54) is 5.69 Å². The minimum absolute atomic E-state index is 0.0159. The molecule has 1 aromatic heterocycles. The van der Waals surface area contributed by atoms with Crippen molar-refractivity contribution in [2.24, 2.45) is 0 Å². The van der Waals surface area contributed by atoms with E-state index < -0.39 is 5.41 Å². The van der Waals surface area contributed by atoms with Gasteiger partial charge in [-0.25, -0.2) is 0 Å². The summed E-state index contributed by atoms with van der Waals surface area (Å²) in [6.07, 6.45) is 3.99. The molecule has 172 valence electrons. The molecule has 1 N–H and O–H groups in total. The number of benzene rings is 2. The molecule has 2 aromatic carbocycles. The summed E-state index contributed by atoms with van der Waals surface area (Å²) >= 11 is 0. The van der Waals surface area contributed by atoms with Crippen molar-refractivity contribution >= 4 is 28.8 Å². The number of hydrogen-bond donors (Lipinski definition) is 1. The summed E-state index contributed by atoms with van der Waals surface area (Å²) in [5.41, 5.74) is 3.59. The van der Waals surface area contributed by atoms with E-state index in [9.17, 15) is 9.59 Å². The van der Waals surface area contributed by atoms with E-state index in [0.29, 0.717) is 12.2 Å². The van der Waals surface area contributed by atoms with E-state index in [2.05, 4.69) is 48.9 Å². The average Bonchev–Trinajstić information content (AvgIpc) is 3.31. The number of aldehydes is 1. The fourth-order valence-corrected chi connectivity index (χ4v) is 4.76. The Morgan fingerprint density at radius 1 is 1.09 bits per heavy atom. The standard InChI is InChI=1S/C27H30N2O4/c1-26(2,3)24-15-18-14-20(7-8-21(18)29(24)12-4-5-13-30)28-25(31)27(10-11-27)19-6-9-22-23(16-19)33-17-32-22/h6-9,13-16H,4-5,10-12,17H2,1-3H3,(H,28,31). The zero-order valence-corrected chi connectivity index (χ0v) is 19.4. The molecular formula is C27H30N2O4. The zero-order chi connectivity index (χ0) is 23.2. The van der Waals surface area contributed by atoms with Crippen LogP contribution in [0.2, 0.25) is 0 Å². The maximum atomic E-state index is 13.3. The molecule has 1 aliphatic carbocycles. The summed E-state index contributed by atoms with van der Waals surface area (Å²) in [4.78, 5) is 24.1. The maximum absolute atomic E-state index is 13.3. The lowest BCUT2D eigenvalue weighted by molar-refractivity contribution is -0.118. The first-order valence-corrected chi connectivity index (χ1v) is 11.6. The molecule has 1 fully saturated rings. The molecule has 1 amide bonds. The van der Waals surface area contributed by atoms with Crippen molar-refractivity contribution in [1.29, 1.82) is 0 Å². The molecule has 2 aliphatic rings. The first-order valence-electron chi connectivity index (χ1n) is 11.6. The lowest BCUT2D eigenvalue weighted by Crippen LogP contribution is -2.27. The smallest absolute Gasteiger partial charge is 0.235 e. The predicted octanol–water partition coefficient (Wildman–Crippen LogP) is 5.32. The Balaban J connectivity index is 1.41. The number of ether oxygens (including phenoxy) is 2. The van der Waals surface area contributed by atoms with E-state index in [1.54, 1.807) is 0 Å². The van der Waals surface area contributed by atoms with Crippen molar-refractivity contribution in [1.82, 2.24) is 4.57 Å². The first-order chi connectivity index (χ1) is 15.8. The van der Waals surface area contributed by atoms with Crippen LogP contribution in [0.1, 0.15) is 57.7 Å². The van der Waals surface area contributed by atoms with Gasteiger partial charge in [-0.3, -0.25) is 4.79 Å². The van der Waals surface area contributed by atoms with Crippen LogP contribution in [0.15, 0.2) is 42.5 Å². The van der Waals surface area contributed by atoms with Crippen LogP contribution in [0.4, 0.5) is 5.69 Å². The van der Waals surface area contributed by atoms with Crippen molar-refractivity contribution in [2.45, 2.75) is 63.8 Å². The average molecular weight is 447 g/mol. The molecule has 0 spiro atoms.